The minimum Gasteiger partial charge on any atom is -0.379 e. The molecule has 0 aromatic carbocycles. The van der Waals surface area contributed by atoms with E-state index in [9.17, 15) is 4.79 Å². The molecule has 1 aliphatic heterocycles. The van der Waals surface area contributed by atoms with Crippen LogP contribution in [0.25, 0.3) is 0 Å². The molecule has 1 unspecified atom stereocenters. The van der Waals surface area contributed by atoms with Gasteiger partial charge in [-0.25, -0.2) is 0 Å². The van der Waals surface area contributed by atoms with Crippen LogP contribution in [0.1, 0.15) is 19.0 Å². The number of aromatic nitrogens is 2. The second-order valence-corrected chi connectivity index (χ2v) is 4.04. The lowest BCUT2D eigenvalue weighted by Gasteiger charge is -2.19. The Morgan fingerprint density at radius 1 is 1.81 bits per heavy atom. The van der Waals surface area contributed by atoms with Crippen LogP contribution in [0.15, 0.2) is 6.07 Å². The Balaban J connectivity index is 2.01. The van der Waals surface area contributed by atoms with E-state index in [1.807, 2.05) is 6.92 Å². The molecule has 6 heteroatoms. The standard InChI is InChI=1S/C10H16N4O2/c1-2-7-5-8(14-13-7)12-9(15)10(11)3-4-16-6-10/h5H,2-4,6,11H2,1H3,(H2,12,13,14,15). The third-order valence-electron chi connectivity index (χ3n) is 2.76. The zero-order valence-corrected chi connectivity index (χ0v) is 9.25. The molecule has 1 fully saturated rings. The van der Waals surface area contributed by atoms with Crippen molar-refractivity contribution in [3.63, 3.8) is 0 Å². The summed E-state index contributed by atoms with van der Waals surface area (Å²) in [4.78, 5) is 11.9. The summed E-state index contributed by atoms with van der Waals surface area (Å²) in [6.07, 6.45) is 1.39. The van der Waals surface area contributed by atoms with Gasteiger partial charge in [-0.2, -0.15) is 5.10 Å². The lowest BCUT2D eigenvalue weighted by Crippen LogP contribution is -2.51. The van der Waals surface area contributed by atoms with E-state index in [2.05, 4.69) is 15.5 Å². The van der Waals surface area contributed by atoms with E-state index in [4.69, 9.17) is 10.5 Å². The first-order valence-corrected chi connectivity index (χ1v) is 5.36. The fourth-order valence-electron chi connectivity index (χ4n) is 1.61. The molecule has 2 rings (SSSR count). The maximum atomic E-state index is 11.9. The molecule has 1 atom stereocenters. The lowest BCUT2D eigenvalue weighted by molar-refractivity contribution is -0.121. The highest BCUT2D eigenvalue weighted by atomic mass is 16.5. The van der Waals surface area contributed by atoms with Crippen molar-refractivity contribution in [3.8, 4) is 0 Å². The Labute approximate surface area is 93.5 Å². The number of carbonyl (C=O) groups is 1. The number of nitrogens with two attached hydrogens (primary N) is 1. The molecule has 1 aliphatic rings. The second kappa shape index (κ2) is 4.23. The first-order valence-electron chi connectivity index (χ1n) is 5.36. The zero-order valence-electron chi connectivity index (χ0n) is 9.25. The molecule has 0 bridgehead atoms. The van der Waals surface area contributed by atoms with Gasteiger partial charge in [0.25, 0.3) is 0 Å². The fraction of sp³-hybridized carbons (Fsp3) is 0.600. The Bertz CT molecular complexity index is 382. The van der Waals surface area contributed by atoms with Crippen molar-refractivity contribution in [1.82, 2.24) is 10.2 Å². The summed E-state index contributed by atoms with van der Waals surface area (Å²) in [5.74, 6) is 0.276. The van der Waals surface area contributed by atoms with Crippen molar-refractivity contribution in [3.05, 3.63) is 11.8 Å². The number of ether oxygens (including phenoxy) is 1. The van der Waals surface area contributed by atoms with Crippen molar-refractivity contribution >= 4 is 11.7 Å². The van der Waals surface area contributed by atoms with Crippen LogP contribution in [0.4, 0.5) is 5.82 Å². The normalized spacial score (nSPS) is 24.6. The van der Waals surface area contributed by atoms with Gasteiger partial charge < -0.3 is 15.8 Å². The zero-order chi connectivity index (χ0) is 11.6. The summed E-state index contributed by atoms with van der Waals surface area (Å²) in [6.45, 7) is 2.81. The topological polar surface area (TPSA) is 93.0 Å². The lowest BCUT2D eigenvalue weighted by atomic mass is 9.99. The predicted octanol–water partition coefficient (Wildman–Crippen LogP) is 0.0284. The fourth-order valence-corrected chi connectivity index (χ4v) is 1.61. The van der Waals surface area contributed by atoms with Gasteiger partial charge in [-0.1, -0.05) is 6.92 Å². The Kier molecular flexibility index (Phi) is 2.93. The molecule has 1 amide bonds. The highest BCUT2D eigenvalue weighted by molar-refractivity contribution is 5.97. The Hall–Kier alpha value is -1.40. The molecule has 1 aromatic heterocycles. The third kappa shape index (κ3) is 2.07. The Morgan fingerprint density at radius 2 is 2.62 bits per heavy atom. The summed E-state index contributed by atoms with van der Waals surface area (Å²) in [5.41, 5.74) is 5.98. The molecule has 0 radical (unpaired) electrons. The van der Waals surface area contributed by atoms with Gasteiger partial charge in [0.15, 0.2) is 5.82 Å². The van der Waals surface area contributed by atoms with Crippen molar-refractivity contribution in [2.45, 2.75) is 25.3 Å². The van der Waals surface area contributed by atoms with Crippen LogP contribution in [0.3, 0.4) is 0 Å². The predicted molar refractivity (Wildman–Crippen MR) is 58.9 cm³/mol. The minimum absolute atomic E-state index is 0.237. The monoisotopic (exact) mass is 224 g/mol. The molecule has 0 saturated carbocycles. The number of nitrogens with one attached hydrogen (secondary N) is 2. The van der Waals surface area contributed by atoms with Crippen LogP contribution in [-0.2, 0) is 16.0 Å². The summed E-state index contributed by atoms with van der Waals surface area (Å²) in [5, 5.41) is 9.50. The number of hydrogen-bond donors (Lipinski definition) is 3. The quantitative estimate of drug-likeness (QED) is 0.675. The van der Waals surface area contributed by atoms with Crippen molar-refractivity contribution in [1.29, 1.82) is 0 Å². The summed E-state index contributed by atoms with van der Waals surface area (Å²) in [6, 6.07) is 1.80. The van der Waals surface area contributed by atoms with Gasteiger partial charge in [-0.15, -0.1) is 0 Å². The van der Waals surface area contributed by atoms with Crippen LogP contribution in [0.5, 0.6) is 0 Å². The maximum Gasteiger partial charge on any atom is 0.248 e. The number of anilines is 1. The van der Waals surface area contributed by atoms with Gasteiger partial charge in [0.05, 0.1) is 6.61 Å². The molecule has 1 saturated heterocycles. The van der Waals surface area contributed by atoms with Gasteiger partial charge in [-0.05, 0) is 12.8 Å². The molecule has 4 N–H and O–H groups in total. The number of amides is 1. The van der Waals surface area contributed by atoms with Crippen LogP contribution in [0.2, 0.25) is 0 Å². The molecule has 1 aromatic rings. The van der Waals surface area contributed by atoms with Crippen LogP contribution >= 0.6 is 0 Å². The average molecular weight is 224 g/mol. The first kappa shape index (κ1) is 11.1. The van der Waals surface area contributed by atoms with Gasteiger partial charge in [0.2, 0.25) is 5.91 Å². The first-order chi connectivity index (χ1) is 7.64. The van der Waals surface area contributed by atoms with E-state index in [0.29, 0.717) is 18.8 Å². The van der Waals surface area contributed by atoms with Gasteiger partial charge >= 0.3 is 0 Å². The van der Waals surface area contributed by atoms with E-state index < -0.39 is 5.54 Å². The van der Waals surface area contributed by atoms with Crippen LogP contribution in [0, 0.1) is 0 Å². The maximum absolute atomic E-state index is 11.9. The van der Waals surface area contributed by atoms with Gasteiger partial charge in [-0.3, -0.25) is 9.89 Å². The molecular weight excluding hydrogens is 208 g/mol. The largest absolute Gasteiger partial charge is 0.379 e. The molecule has 6 nitrogen and oxygen atoms in total. The SMILES string of the molecule is CCc1cc(NC(=O)C2(N)CCOC2)n[nH]1. The number of carbonyl (C=O) groups excluding carboxylic acids is 1. The summed E-state index contributed by atoms with van der Waals surface area (Å²) in [7, 11) is 0. The van der Waals surface area contributed by atoms with Gasteiger partial charge in [0, 0.05) is 18.4 Å². The minimum atomic E-state index is -0.911. The molecular formula is C10H16N4O2. The number of hydrogen-bond acceptors (Lipinski definition) is 4. The van der Waals surface area contributed by atoms with Crippen molar-refractivity contribution in [2.24, 2.45) is 5.73 Å². The third-order valence-corrected chi connectivity index (χ3v) is 2.76. The summed E-state index contributed by atoms with van der Waals surface area (Å²) < 4.78 is 5.13. The Morgan fingerprint density at radius 3 is 3.19 bits per heavy atom. The van der Waals surface area contributed by atoms with Crippen LogP contribution in [-0.4, -0.2) is 34.9 Å². The molecule has 0 spiro atoms. The van der Waals surface area contributed by atoms with E-state index in [1.54, 1.807) is 6.07 Å². The van der Waals surface area contributed by atoms with E-state index >= 15 is 0 Å². The number of aryl methyl sites for hydroxylation is 1. The molecule has 0 aliphatic carbocycles. The van der Waals surface area contributed by atoms with Crippen molar-refractivity contribution in [2.75, 3.05) is 18.5 Å². The number of aromatic amines is 1. The highest BCUT2D eigenvalue weighted by Crippen LogP contribution is 2.17. The van der Waals surface area contributed by atoms with Crippen LogP contribution < -0.4 is 11.1 Å². The van der Waals surface area contributed by atoms with Gasteiger partial charge in [0.1, 0.15) is 5.54 Å². The second-order valence-electron chi connectivity index (χ2n) is 4.04. The van der Waals surface area contributed by atoms with E-state index in [1.165, 1.54) is 0 Å². The van der Waals surface area contributed by atoms with E-state index in [0.717, 1.165) is 12.1 Å². The smallest absolute Gasteiger partial charge is 0.248 e. The average Bonchev–Trinajstić information content (AvgIpc) is 2.88. The summed E-state index contributed by atoms with van der Waals surface area (Å²) >= 11 is 0. The molecule has 2 heterocycles. The molecule has 16 heavy (non-hydrogen) atoms. The number of rotatable bonds is 3. The van der Waals surface area contributed by atoms with E-state index in [-0.39, 0.29) is 12.5 Å². The number of H-pyrrole nitrogens is 1. The number of nitrogens with zero attached hydrogens (tertiary/aromatic N) is 1. The highest BCUT2D eigenvalue weighted by Gasteiger charge is 2.38. The van der Waals surface area contributed by atoms with Crippen molar-refractivity contribution < 1.29 is 9.53 Å². The molecule has 88 valence electrons.